The molecule has 4 aromatic rings. The fourth-order valence-corrected chi connectivity index (χ4v) is 25.0. The molecule has 0 saturated carbocycles. The van der Waals surface area contributed by atoms with E-state index in [1.54, 1.807) is 0 Å². The van der Waals surface area contributed by atoms with Crippen molar-refractivity contribution in [2.45, 2.75) is 113 Å². The third-order valence-electron chi connectivity index (χ3n) is 7.36. The number of benzene rings is 4. The summed E-state index contributed by atoms with van der Waals surface area (Å²) in [6.07, 6.45) is 0. The van der Waals surface area contributed by atoms with Crippen LogP contribution in [0.4, 0.5) is 11.4 Å². The van der Waals surface area contributed by atoms with Crippen LogP contribution in [-0.4, -0.2) is 38.8 Å². The van der Waals surface area contributed by atoms with Gasteiger partial charge >= 0.3 is 32.7 Å². The molecule has 0 atom stereocenters. The Morgan fingerprint density at radius 3 is 1.22 bits per heavy atom. The van der Waals surface area contributed by atoms with Gasteiger partial charge < -0.3 is 24.2 Å². The van der Waals surface area contributed by atoms with E-state index in [0.717, 1.165) is 32.7 Å². The molecular weight excluding hydrogens is 821 g/mol. The van der Waals surface area contributed by atoms with Gasteiger partial charge in [-0.15, -0.1) is 0 Å². The first-order chi connectivity index (χ1) is 24.1. The second kappa shape index (κ2) is 20.8. The molecule has 290 valence electrons. The molecule has 0 fully saturated rings. The Labute approximate surface area is 360 Å². The van der Waals surface area contributed by atoms with E-state index in [9.17, 15) is 0 Å². The molecule has 54 heavy (non-hydrogen) atoms. The second-order valence-electron chi connectivity index (χ2n) is 18.7. The fraction of sp³-hybridized carbons (Fsp3) is 0.419. The maximum absolute atomic E-state index is 15.0. The second-order valence-corrected chi connectivity index (χ2v) is 40.6. The minimum Gasteiger partial charge on any atom is -0.668 e. The summed E-state index contributed by atoms with van der Waals surface area (Å²) in [4.78, 5) is 5.05. The predicted octanol–water partition coefficient (Wildman–Crippen LogP) is 13.8. The van der Waals surface area contributed by atoms with E-state index < -0.39 is 40.1 Å². The SMILES string of the molecule is C[Si](C)(C)[N-][Si](C)(C)C.C[Si](C)(C)[N-][Si](C)(C)C.Cc1cccc(C)c1N=C([N-]c1ccccc1P(=O)(c1ccccc1)c1ccccc1)C(C)(C)C.[Y+3]. The molecule has 0 bridgehead atoms. The molecule has 0 aliphatic heterocycles. The predicted molar refractivity (Wildman–Crippen MR) is 251 cm³/mol. The van der Waals surface area contributed by atoms with E-state index in [2.05, 4.69) is 125 Å². The van der Waals surface area contributed by atoms with E-state index in [0.29, 0.717) is 11.5 Å². The van der Waals surface area contributed by atoms with Crippen LogP contribution in [-0.2, 0) is 37.3 Å². The van der Waals surface area contributed by atoms with Crippen molar-refractivity contribution in [3.63, 3.8) is 0 Å². The smallest absolute Gasteiger partial charge is 0.668 e. The molecule has 0 amide bonds. The molecule has 0 aliphatic rings. The maximum atomic E-state index is 15.0. The van der Waals surface area contributed by atoms with Crippen LogP contribution in [0.1, 0.15) is 31.9 Å². The molecule has 0 heterocycles. The average Bonchev–Trinajstić information content (AvgIpc) is 2.99. The molecular formula is C43H68N4OPSi4Y. The third-order valence-corrected chi connectivity index (χ3v) is 21.2. The number of para-hydroxylation sites is 2. The van der Waals surface area contributed by atoms with Gasteiger partial charge in [0.2, 0.25) is 0 Å². The van der Waals surface area contributed by atoms with E-state index in [-0.39, 0.29) is 38.1 Å². The molecule has 0 aromatic heterocycles. The van der Waals surface area contributed by atoms with Crippen LogP contribution in [0.3, 0.4) is 0 Å². The monoisotopic (exact) mass is 888 g/mol. The van der Waals surface area contributed by atoms with Gasteiger partial charge in [0, 0.05) is 15.9 Å². The first-order valence-corrected chi connectivity index (χ1v) is 34.3. The van der Waals surface area contributed by atoms with Gasteiger partial charge in [-0.05, 0) is 41.8 Å². The molecule has 0 radical (unpaired) electrons. The van der Waals surface area contributed by atoms with Crippen molar-refractivity contribution >= 4 is 73.2 Å². The zero-order valence-electron chi connectivity index (χ0n) is 36.5. The normalized spacial score (nSPS) is 12.7. The summed E-state index contributed by atoms with van der Waals surface area (Å²) in [5, 5.41) is 7.40. The Hall–Kier alpha value is -1.53. The maximum Gasteiger partial charge on any atom is 3.00 e. The van der Waals surface area contributed by atoms with Gasteiger partial charge in [0.05, 0.1) is 0 Å². The van der Waals surface area contributed by atoms with Crippen molar-refractivity contribution < 1.29 is 37.3 Å². The zero-order valence-corrected chi connectivity index (χ0v) is 44.3. The van der Waals surface area contributed by atoms with Gasteiger partial charge in [-0.1, -0.05) is 241 Å². The molecule has 5 nitrogen and oxygen atoms in total. The Balaban J connectivity index is 0.000000636. The molecule has 0 unspecified atom stereocenters. The topological polar surface area (TPSA) is 71.7 Å². The van der Waals surface area contributed by atoms with E-state index >= 15 is 4.57 Å². The summed E-state index contributed by atoms with van der Waals surface area (Å²) in [6, 6.07) is 33.4. The van der Waals surface area contributed by atoms with Crippen molar-refractivity contribution in [3.05, 3.63) is 129 Å². The Bertz CT molecular complexity index is 1710. The third kappa shape index (κ3) is 17.7. The molecule has 0 saturated heterocycles. The molecule has 4 aromatic carbocycles. The van der Waals surface area contributed by atoms with Crippen LogP contribution >= 0.6 is 7.14 Å². The van der Waals surface area contributed by atoms with Crippen LogP contribution in [0.5, 0.6) is 0 Å². The zero-order chi connectivity index (χ0) is 40.5. The number of rotatable bonds is 9. The van der Waals surface area contributed by atoms with Crippen molar-refractivity contribution in [1.82, 2.24) is 0 Å². The van der Waals surface area contributed by atoms with Gasteiger partial charge in [0.1, 0.15) is 0 Å². The van der Waals surface area contributed by atoms with Crippen molar-refractivity contribution in [2.75, 3.05) is 0 Å². The largest absolute Gasteiger partial charge is 3.00 e. The number of nitrogens with zero attached hydrogens (tertiary/aromatic N) is 4. The van der Waals surface area contributed by atoms with E-state index in [4.69, 9.17) is 19.6 Å². The minimum atomic E-state index is -3.17. The number of hydrogen-bond donors (Lipinski definition) is 0. The Kier molecular flexibility index (Phi) is 19.4. The molecule has 0 N–H and O–H groups in total. The number of amidine groups is 1. The van der Waals surface area contributed by atoms with Gasteiger partial charge in [-0.25, -0.2) is 0 Å². The van der Waals surface area contributed by atoms with Gasteiger partial charge in [0.15, 0.2) is 7.14 Å². The fourth-order valence-electron chi connectivity index (χ4n) is 6.10. The van der Waals surface area contributed by atoms with E-state index in [1.165, 1.54) is 0 Å². The number of aryl methyl sites for hydroxylation is 2. The summed E-state index contributed by atoms with van der Waals surface area (Å²) < 4.78 is 24.7. The summed E-state index contributed by atoms with van der Waals surface area (Å²) in [7, 11) is -7.60. The number of hydrogen-bond acceptors (Lipinski definition) is 2. The van der Waals surface area contributed by atoms with Gasteiger partial charge in [0.25, 0.3) is 0 Å². The molecule has 4 rings (SSSR count). The molecule has 0 spiro atoms. The summed E-state index contributed by atoms with van der Waals surface area (Å²) in [6.45, 7) is 38.0. The van der Waals surface area contributed by atoms with Crippen molar-refractivity contribution in [1.29, 1.82) is 0 Å². The molecule has 11 heteroatoms. The van der Waals surface area contributed by atoms with Crippen LogP contribution in [0.15, 0.2) is 108 Å². The van der Waals surface area contributed by atoms with Crippen LogP contribution in [0, 0.1) is 19.3 Å². The summed E-state index contributed by atoms with van der Waals surface area (Å²) in [5.41, 5.74) is 3.52. The first kappa shape index (κ1) is 50.5. The first-order valence-electron chi connectivity index (χ1n) is 18.8. The van der Waals surface area contributed by atoms with Gasteiger partial charge in [-0.3, -0.25) is 0 Å². The average molecular weight is 889 g/mol. The number of aliphatic imine (C=N–C) groups is 1. The van der Waals surface area contributed by atoms with Crippen LogP contribution in [0.2, 0.25) is 78.6 Å². The van der Waals surface area contributed by atoms with Crippen molar-refractivity contribution in [2.24, 2.45) is 10.4 Å². The summed E-state index contributed by atoms with van der Waals surface area (Å²) in [5.74, 6) is 0.704. The van der Waals surface area contributed by atoms with Crippen molar-refractivity contribution in [3.8, 4) is 0 Å². The Morgan fingerprint density at radius 1 is 0.537 bits per heavy atom. The van der Waals surface area contributed by atoms with E-state index in [1.807, 2.05) is 91.0 Å². The Morgan fingerprint density at radius 2 is 0.889 bits per heavy atom. The quantitative estimate of drug-likeness (QED) is 0.0714. The minimum absolute atomic E-state index is 0. The van der Waals surface area contributed by atoms with Crippen LogP contribution < -0.4 is 15.9 Å². The standard InChI is InChI=1S/C31H32N2OP.2C6H18NSi2.Y/c1-23-15-14-16-24(2)29(23)33-30(31(3,4)5)32-27-21-12-13-22-28(27)35(34,25-17-8-6-9-18-25)26-19-10-7-11-20-26;2*1-8(2,3)7-9(4,5)6;/h6-22H,1-5H3;2*1-6H3;/q3*-1;+3. The molecule has 0 aliphatic carbocycles. The van der Waals surface area contributed by atoms with Crippen LogP contribution in [0.25, 0.3) is 14.6 Å². The van der Waals surface area contributed by atoms with Gasteiger partial charge in [-0.2, -0.15) is 0 Å². The summed E-state index contributed by atoms with van der Waals surface area (Å²) >= 11 is 0.